The lowest BCUT2D eigenvalue weighted by atomic mass is 10.3. The van der Waals surface area contributed by atoms with Crippen molar-refractivity contribution in [3.05, 3.63) is 36.2 Å². The lowest BCUT2D eigenvalue weighted by molar-refractivity contribution is -0.0435. The molecular formula is C11H10F4N4O2S. The Morgan fingerprint density at radius 2 is 2.00 bits per heavy atom. The summed E-state index contributed by atoms with van der Waals surface area (Å²) in [6.07, 6.45) is 1.23. The summed E-state index contributed by atoms with van der Waals surface area (Å²) in [5.41, 5.74) is -5.90. The van der Waals surface area contributed by atoms with Crippen LogP contribution < -0.4 is 5.32 Å². The minimum atomic E-state index is -5.68. The zero-order valence-electron chi connectivity index (χ0n) is 11.1. The smallest absolute Gasteiger partial charge is 0.377 e. The summed E-state index contributed by atoms with van der Waals surface area (Å²) in [5.74, 6) is -0.730. The molecule has 0 saturated carbocycles. The molecule has 22 heavy (non-hydrogen) atoms. The molecular weight excluding hydrogens is 328 g/mol. The number of alkyl halides is 3. The second-order valence-electron chi connectivity index (χ2n) is 4.24. The molecule has 1 N–H and O–H groups in total. The topological polar surface area (TPSA) is 76.9 Å². The van der Waals surface area contributed by atoms with E-state index in [1.165, 1.54) is 11.0 Å². The summed E-state index contributed by atoms with van der Waals surface area (Å²) in [4.78, 5) is 2.65. The van der Waals surface area contributed by atoms with Crippen LogP contribution in [0.25, 0.3) is 0 Å². The molecule has 11 heteroatoms. The van der Waals surface area contributed by atoms with E-state index in [-0.39, 0.29) is 12.2 Å². The van der Waals surface area contributed by atoms with Gasteiger partial charge in [-0.05, 0) is 18.2 Å². The van der Waals surface area contributed by atoms with Crippen molar-refractivity contribution in [3.8, 4) is 0 Å². The van der Waals surface area contributed by atoms with Crippen molar-refractivity contribution in [2.45, 2.75) is 16.9 Å². The van der Waals surface area contributed by atoms with Gasteiger partial charge in [0.2, 0.25) is 0 Å². The van der Waals surface area contributed by atoms with Gasteiger partial charge >= 0.3 is 5.51 Å². The number of hydrogen-bond acceptors (Lipinski definition) is 5. The fourth-order valence-electron chi connectivity index (χ4n) is 1.64. The first-order valence-electron chi connectivity index (χ1n) is 5.80. The maximum atomic E-state index is 13.2. The number of hydrogen-bond donors (Lipinski definition) is 1. The van der Waals surface area contributed by atoms with Crippen molar-refractivity contribution >= 4 is 15.5 Å². The van der Waals surface area contributed by atoms with E-state index in [1.54, 1.807) is 7.05 Å². The average Bonchev–Trinajstić information content (AvgIpc) is 2.81. The molecule has 6 nitrogen and oxygen atoms in total. The Morgan fingerprint density at radius 1 is 1.32 bits per heavy atom. The zero-order chi connectivity index (χ0) is 16.5. The van der Waals surface area contributed by atoms with Gasteiger partial charge in [-0.15, -0.1) is 0 Å². The fraction of sp³-hybridized carbons (Fsp3) is 0.273. The molecule has 1 aromatic carbocycles. The van der Waals surface area contributed by atoms with Crippen molar-refractivity contribution < 1.29 is 26.0 Å². The van der Waals surface area contributed by atoms with Crippen LogP contribution in [0.1, 0.15) is 5.82 Å². The third-order valence-corrected chi connectivity index (χ3v) is 4.31. The zero-order valence-corrected chi connectivity index (χ0v) is 11.9. The van der Waals surface area contributed by atoms with Crippen molar-refractivity contribution in [2.75, 3.05) is 5.32 Å². The molecule has 0 radical (unpaired) electrons. The van der Waals surface area contributed by atoms with Crippen LogP contribution >= 0.6 is 0 Å². The number of benzene rings is 1. The maximum Gasteiger partial charge on any atom is 0.501 e. The number of aromatic nitrogens is 3. The maximum absolute atomic E-state index is 13.2. The highest BCUT2D eigenvalue weighted by Crippen LogP contribution is 2.34. The number of anilines is 1. The van der Waals surface area contributed by atoms with Gasteiger partial charge in [-0.1, -0.05) is 0 Å². The normalized spacial score (nSPS) is 12.4. The van der Waals surface area contributed by atoms with Gasteiger partial charge < -0.3 is 5.32 Å². The van der Waals surface area contributed by atoms with Crippen LogP contribution in [-0.4, -0.2) is 28.7 Å². The molecule has 1 aromatic heterocycles. The fourth-order valence-corrected chi connectivity index (χ4v) is 2.59. The summed E-state index contributed by atoms with van der Waals surface area (Å²) in [6, 6.07) is 2.10. The second-order valence-corrected chi connectivity index (χ2v) is 6.15. The van der Waals surface area contributed by atoms with Crippen molar-refractivity contribution in [1.29, 1.82) is 0 Å². The van der Waals surface area contributed by atoms with Crippen LogP contribution in [0.3, 0.4) is 0 Å². The largest absolute Gasteiger partial charge is 0.501 e. The van der Waals surface area contributed by atoms with Crippen LogP contribution in [0.4, 0.5) is 23.2 Å². The van der Waals surface area contributed by atoms with E-state index in [4.69, 9.17) is 0 Å². The Hall–Kier alpha value is -2.17. The number of halogens is 4. The molecule has 0 atom stereocenters. The number of nitrogens with zero attached hydrogens (tertiary/aromatic N) is 3. The first-order valence-corrected chi connectivity index (χ1v) is 7.29. The van der Waals surface area contributed by atoms with Gasteiger partial charge in [-0.2, -0.15) is 18.3 Å². The highest BCUT2D eigenvalue weighted by molar-refractivity contribution is 7.92. The van der Waals surface area contributed by atoms with Crippen LogP contribution in [-0.2, 0) is 23.4 Å². The van der Waals surface area contributed by atoms with Crippen molar-refractivity contribution in [2.24, 2.45) is 7.05 Å². The van der Waals surface area contributed by atoms with Crippen LogP contribution in [0, 0.1) is 5.82 Å². The molecule has 0 aliphatic rings. The number of sulfone groups is 1. The number of nitrogens with one attached hydrogen (secondary N) is 1. The van der Waals surface area contributed by atoms with Crippen molar-refractivity contribution in [1.82, 2.24) is 14.8 Å². The Kier molecular flexibility index (Phi) is 4.09. The van der Waals surface area contributed by atoms with Gasteiger partial charge in [0, 0.05) is 7.05 Å². The Morgan fingerprint density at radius 3 is 2.55 bits per heavy atom. The minimum absolute atomic E-state index is 0.0808. The molecule has 1 heterocycles. The molecule has 120 valence electrons. The highest BCUT2D eigenvalue weighted by atomic mass is 32.2. The van der Waals surface area contributed by atoms with Gasteiger partial charge in [0.25, 0.3) is 9.84 Å². The molecule has 2 aromatic rings. The van der Waals surface area contributed by atoms with Crippen molar-refractivity contribution in [3.63, 3.8) is 0 Å². The first kappa shape index (κ1) is 16.2. The molecule has 2 rings (SSSR count). The summed E-state index contributed by atoms with van der Waals surface area (Å²) < 4.78 is 75.4. The Bertz CT molecular complexity index is 786. The van der Waals surface area contributed by atoms with E-state index in [0.29, 0.717) is 11.9 Å². The van der Waals surface area contributed by atoms with E-state index in [1.807, 2.05) is 0 Å². The van der Waals surface area contributed by atoms with Gasteiger partial charge in [0.1, 0.15) is 22.9 Å². The van der Waals surface area contributed by atoms with Gasteiger partial charge in [-0.3, -0.25) is 4.68 Å². The third-order valence-electron chi connectivity index (χ3n) is 2.78. The lowest BCUT2D eigenvalue weighted by Gasteiger charge is -2.14. The lowest BCUT2D eigenvalue weighted by Crippen LogP contribution is -2.24. The number of rotatable bonds is 4. The number of aryl methyl sites for hydroxylation is 1. The second kappa shape index (κ2) is 5.55. The third kappa shape index (κ3) is 3.03. The van der Waals surface area contributed by atoms with Gasteiger partial charge in [0.15, 0.2) is 0 Å². The average molecular weight is 338 g/mol. The van der Waals surface area contributed by atoms with Crippen LogP contribution in [0.15, 0.2) is 29.4 Å². The molecule has 0 saturated heterocycles. The van der Waals surface area contributed by atoms with E-state index < -0.39 is 26.1 Å². The van der Waals surface area contributed by atoms with Crippen LogP contribution in [0.2, 0.25) is 0 Å². The predicted octanol–water partition coefficient (Wildman–Crippen LogP) is 1.86. The summed E-state index contributed by atoms with van der Waals surface area (Å²) >= 11 is 0. The molecule has 0 aliphatic carbocycles. The van der Waals surface area contributed by atoms with Gasteiger partial charge in [0.05, 0.1) is 12.2 Å². The van der Waals surface area contributed by atoms with E-state index in [9.17, 15) is 26.0 Å². The summed E-state index contributed by atoms with van der Waals surface area (Å²) in [6.45, 7) is -0.0808. The summed E-state index contributed by atoms with van der Waals surface area (Å²) in [7, 11) is -4.12. The molecule has 0 fully saturated rings. The van der Waals surface area contributed by atoms with Crippen LogP contribution in [0.5, 0.6) is 0 Å². The molecule has 0 unspecified atom stereocenters. The predicted molar refractivity (Wildman–Crippen MR) is 68.0 cm³/mol. The molecule has 0 amide bonds. The first-order chi connectivity index (χ1) is 10.1. The van der Waals surface area contributed by atoms with Gasteiger partial charge in [-0.25, -0.2) is 17.8 Å². The minimum Gasteiger partial charge on any atom is -0.377 e. The summed E-state index contributed by atoms with van der Waals surface area (Å²) in [5, 5.41) is 6.25. The molecule has 0 bridgehead atoms. The SMILES string of the molecule is Cn1ncnc1CNc1ccc(F)cc1S(=O)(=O)C(F)(F)F. The quantitative estimate of drug-likeness (QED) is 0.861. The van der Waals surface area contributed by atoms with E-state index in [2.05, 4.69) is 15.4 Å². The monoisotopic (exact) mass is 338 g/mol. The molecule has 0 spiro atoms. The Labute approximate surface area is 122 Å². The van der Waals surface area contributed by atoms with E-state index >= 15 is 0 Å². The Balaban J connectivity index is 2.39. The van der Waals surface area contributed by atoms with E-state index in [0.717, 1.165) is 12.1 Å². The molecule has 0 aliphatic heterocycles. The highest BCUT2D eigenvalue weighted by Gasteiger charge is 2.48. The standard InChI is InChI=1S/C11H10F4N4O2S/c1-19-10(17-6-18-19)5-16-8-3-2-7(12)4-9(8)22(20,21)11(13,14)15/h2-4,6,16H,5H2,1H3.